The molecular formula is C30H46ClN3O. The van der Waals surface area contributed by atoms with Crippen molar-refractivity contribution in [2.24, 2.45) is 5.92 Å². The van der Waals surface area contributed by atoms with Crippen LogP contribution in [0.5, 0.6) is 0 Å². The van der Waals surface area contributed by atoms with Gasteiger partial charge in [-0.25, -0.2) is 0 Å². The van der Waals surface area contributed by atoms with E-state index in [1.807, 2.05) is 0 Å². The molecule has 1 aliphatic heterocycles. The minimum atomic E-state index is 0. The van der Waals surface area contributed by atoms with Crippen molar-refractivity contribution in [3.8, 4) is 11.3 Å². The van der Waals surface area contributed by atoms with Gasteiger partial charge in [0.25, 0.3) is 5.91 Å². The van der Waals surface area contributed by atoms with E-state index in [1.54, 1.807) is 0 Å². The molecule has 5 heteroatoms. The lowest BCUT2D eigenvalue weighted by Gasteiger charge is -2.28. The second-order valence-corrected chi connectivity index (χ2v) is 12.8. The lowest BCUT2D eigenvalue weighted by molar-refractivity contribution is 0.0923. The fraction of sp³-hybridized carbons (Fsp3) is 0.633. The molecule has 2 N–H and O–H groups in total. The zero-order valence-corrected chi connectivity index (χ0v) is 23.7. The highest BCUT2D eigenvalue weighted by atomic mass is 35.5. The van der Waals surface area contributed by atoms with Gasteiger partial charge in [0.1, 0.15) is 0 Å². The largest absolute Gasteiger partial charge is 0.347 e. The molecule has 4 rings (SSSR count). The number of benzene rings is 1. The third-order valence-electron chi connectivity index (χ3n) is 7.85. The van der Waals surface area contributed by atoms with E-state index in [1.165, 1.54) is 54.5 Å². The average Bonchev–Trinajstić information content (AvgIpc) is 3.06. The van der Waals surface area contributed by atoms with Crippen LogP contribution in [0.2, 0.25) is 0 Å². The second-order valence-electron chi connectivity index (χ2n) is 12.8. The minimum Gasteiger partial charge on any atom is -0.347 e. The molecule has 0 atom stereocenters. The third kappa shape index (κ3) is 6.32. The fourth-order valence-electron chi connectivity index (χ4n) is 5.27. The van der Waals surface area contributed by atoms with Crippen LogP contribution in [-0.4, -0.2) is 29.6 Å². The quantitative estimate of drug-likeness (QED) is 0.477. The summed E-state index contributed by atoms with van der Waals surface area (Å²) in [6, 6.07) is 9.50. The Morgan fingerprint density at radius 3 is 2.00 bits per heavy atom. The van der Waals surface area contributed by atoms with Crippen LogP contribution in [0.25, 0.3) is 11.3 Å². The topological polar surface area (TPSA) is 46.1 Å². The number of halogens is 1. The predicted octanol–water partition coefficient (Wildman–Crippen LogP) is 6.76. The highest BCUT2D eigenvalue weighted by Crippen LogP contribution is 2.36. The van der Waals surface area contributed by atoms with Crippen molar-refractivity contribution in [3.63, 3.8) is 0 Å². The Morgan fingerprint density at radius 1 is 0.943 bits per heavy atom. The van der Waals surface area contributed by atoms with Gasteiger partial charge in [-0.05, 0) is 71.4 Å². The Kier molecular flexibility index (Phi) is 8.49. The molecule has 4 nitrogen and oxygen atoms in total. The van der Waals surface area contributed by atoms with Crippen LogP contribution in [0.15, 0.2) is 24.3 Å². The first-order valence-electron chi connectivity index (χ1n) is 13.3. The normalized spacial score (nSPS) is 17.6. The highest BCUT2D eigenvalue weighted by molar-refractivity contribution is 5.97. The number of hydrogen-bond donors (Lipinski definition) is 2. The van der Waals surface area contributed by atoms with Gasteiger partial charge in [-0.3, -0.25) is 4.79 Å². The lowest BCUT2D eigenvalue weighted by atomic mass is 9.79. The van der Waals surface area contributed by atoms with Crippen molar-refractivity contribution in [1.82, 2.24) is 15.2 Å². The molecule has 1 aromatic heterocycles. The van der Waals surface area contributed by atoms with E-state index < -0.39 is 0 Å². The second kappa shape index (κ2) is 10.7. The van der Waals surface area contributed by atoms with Gasteiger partial charge >= 0.3 is 0 Å². The smallest absolute Gasteiger partial charge is 0.253 e. The maximum atomic E-state index is 13.3. The van der Waals surface area contributed by atoms with Gasteiger partial charge in [0.2, 0.25) is 0 Å². The van der Waals surface area contributed by atoms with E-state index in [4.69, 9.17) is 0 Å². The summed E-state index contributed by atoms with van der Waals surface area (Å²) < 4.78 is 2.46. The third-order valence-corrected chi connectivity index (χ3v) is 7.85. The molecule has 1 amide bonds. The predicted molar refractivity (Wildman–Crippen MR) is 150 cm³/mol. The van der Waals surface area contributed by atoms with E-state index in [9.17, 15) is 4.79 Å². The van der Waals surface area contributed by atoms with Crippen LogP contribution in [0, 0.1) is 12.8 Å². The molecule has 1 saturated heterocycles. The van der Waals surface area contributed by atoms with Crippen LogP contribution in [0.3, 0.4) is 0 Å². The molecule has 2 fully saturated rings. The standard InChI is InChI=1S/C30H45N3O.ClH/c1-20-26(28(34)32-25-17-31-18-25)16-27(33(20)19-21-11-9-8-10-12-21)22-13-23(29(2,3)4)15-24(14-22)30(5,6)7;/h13-16,21,25,31H,8-12,17-19H2,1-7H3,(H,32,34);1H. The van der Waals surface area contributed by atoms with Gasteiger partial charge in [-0.15, -0.1) is 12.4 Å². The van der Waals surface area contributed by atoms with Crippen molar-refractivity contribution in [2.75, 3.05) is 13.1 Å². The van der Waals surface area contributed by atoms with E-state index in [2.05, 4.69) is 87.9 Å². The molecule has 1 aliphatic carbocycles. The zero-order chi connectivity index (χ0) is 24.7. The molecule has 1 aromatic carbocycles. The molecule has 35 heavy (non-hydrogen) atoms. The van der Waals surface area contributed by atoms with Crippen molar-refractivity contribution in [1.29, 1.82) is 0 Å². The number of aromatic nitrogens is 1. The number of nitrogens with one attached hydrogen (secondary N) is 2. The van der Waals surface area contributed by atoms with Crippen LogP contribution < -0.4 is 10.6 Å². The summed E-state index contributed by atoms with van der Waals surface area (Å²) in [4.78, 5) is 13.3. The van der Waals surface area contributed by atoms with Gasteiger partial charge < -0.3 is 15.2 Å². The molecule has 194 valence electrons. The number of hydrogen-bond acceptors (Lipinski definition) is 2. The van der Waals surface area contributed by atoms with Gasteiger partial charge in [0.15, 0.2) is 0 Å². The highest BCUT2D eigenvalue weighted by Gasteiger charge is 2.27. The first kappa shape index (κ1) is 27.8. The molecule has 0 spiro atoms. The van der Waals surface area contributed by atoms with E-state index in [0.29, 0.717) is 5.92 Å². The molecule has 0 bridgehead atoms. The van der Waals surface area contributed by atoms with Gasteiger partial charge in [-0.1, -0.05) is 66.9 Å². The van der Waals surface area contributed by atoms with E-state index in [0.717, 1.165) is 30.9 Å². The van der Waals surface area contributed by atoms with Crippen molar-refractivity contribution in [3.05, 3.63) is 46.6 Å². The van der Waals surface area contributed by atoms with Crippen LogP contribution in [0.1, 0.15) is 101 Å². The fourth-order valence-corrected chi connectivity index (χ4v) is 5.27. The van der Waals surface area contributed by atoms with Crippen LogP contribution in [0.4, 0.5) is 0 Å². The summed E-state index contributed by atoms with van der Waals surface area (Å²) in [5.41, 5.74) is 7.18. The number of rotatable bonds is 5. The molecule has 2 aromatic rings. The zero-order valence-electron chi connectivity index (χ0n) is 22.9. The van der Waals surface area contributed by atoms with Crippen molar-refractivity contribution in [2.45, 2.75) is 104 Å². The summed E-state index contributed by atoms with van der Waals surface area (Å²) >= 11 is 0. The van der Waals surface area contributed by atoms with Crippen molar-refractivity contribution >= 4 is 18.3 Å². The summed E-state index contributed by atoms with van der Waals surface area (Å²) in [5, 5.41) is 6.48. The summed E-state index contributed by atoms with van der Waals surface area (Å²) in [5.74, 6) is 0.758. The van der Waals surface area contributed by atoms with Gasteiger partial charge in [-0.2, -0.15) is 0 Å². The monoisotopic (exact) mass is 499 g/mol. The maximum Gasteiger partial charge on any atom is 0.253 e. The molecule has 1 saturated carbocycles. The Bertz CT molecular complexity index is 999. The Labute approximate surface area is 219 Å². The van der Waals surface area contributed by atoms with Gasteiger partial charge in [0, 0.05) is 31.0 Å². The number of carbonyl (C=O) groups excluding carboxylic acids is 1. The van der Waals surface area contributed by atoms with E-state index in [-0.39, 0.29) is 35.2 Å². The number of carbonyl (C=O) groups is 1. The maximum absolute atomic E-state index is 13.3. The first-order chi connectivity index (χ1) is 15.9. The minimum absolute atomic E-state index is 0. The van der Waals surface area contributed by atoms with Crippen LogP contribution >= 0.6 is 12.4 Å². The average molecular weight is 500 g/mol. The summed E-state index contributed by atoms with van der Waals surface area (Å²) in [7, 11) is 0. The first-order valence-corrected chi connectivity index (χ1v) is 13.3. The lowest BCUT2D eigenvalue weighted by Crippen LogP contribution is -2.56. The van der Waals surface area contributed by atoms with E-state index >= 15 is 0 Å². The number of amides is 1. The SMILES string of the molecule is Cc1c(C(=O)NC2CNC2)cc(-c2cc(C(C)(C)C)cc(C(C)(C)C)c2)n1CC1CCCCC1.Cl. The molecule has 2 aliphatic rings. The molecule has 0 radical (unpaired) electrons. The number of nitrogens with zero attached hydrogens (tertiary/aromatic N) is 1. The molecule has 0 unspecified atom stereocenters. The van der Waals surface area contributed by atoms with Crippen molar-refractivity contribution < 1.29 is 4.79 Å². The Hall–Kier alpha value is -1.78. The molecule has 2 heterocycles. The Balaban J connectivity index is 0.00000342. The molecular weight excluding hydrogens is 454 g/mol. The summed E-state index contributed by atoms with van der Waals surface area (Å²) in [6.07, 6.45) is 6.61. The summed E-state index contributed by atoms with van der Waals surface area (Å²) in [6.45, 7) is 18.6. The Morgan fingerprint density at radius 2 is 1.51 bits per heavy atom. The van der Waals surface area contributed by atoms with Crippen LogP contribution in [-0.2, 0) is 17.4 Å². The van der Waals surface area contributed by atoms with Gasteiger partial charge in [0.05, 0.1) is 11.6 Å².